The topological polar surface area (TPSA) is 121 Å². The van der Waals surface area contributed by atoms with Crippen molar-refractivity contribution in [3.05, 3.63) is 29.8 Å². The quantitative estimate of drug-likeness (QED) is 0.278. The molecule has 1 aromatic carbocycles. The van der Waals surface area contributed by atoms with Crippen LogP contribution in [0.3, 0.4) is 0 Å². The Morgan fingerprint density at radius 3 is 2.62 bits per heavy atom. The van der Waals surface area contributed by atoms with E-state index in [2.05, 4.69) is 0 Å². The molecule has 0 bridgehead atoms. The summed E-state index contributed by atoms with van der Waals surface area (Å²) < 4.78 is 60.5. The van der Waals surface area contributed by atoms with Gasteiger partial charge in [0.1, 0.15) is 24.6 Å². The summed E-state index contributed by atoms with van der Waals surface area (Å²) in [5.74, 6) is -0.958. The summed E-state index contributed by atoms with van der Waals surface area (Å²) in [6.07, 6.45) is -6.20. The Balaban J connectivity index is 1.23. The van der Waals surface area contributed by atoms with E-state index in [9.17, 15) is 33.3 Å². The van der Waals surface area contributed by atoms with Crippen molar-refractivity contribution in [1.29, 1.82) is 0 Å². The van der Waals surface area contributed by atoms with Crippen LogP contribution < -0.4 is 4.74 Å². The Morgan fingerprint density at radius 1 is 1.16 bits per heavy atom. The molecule has 9 atom stereocenters. The molecule has 0 spiro atoms. The molecule has 1 saturated carbocycles. The number of rotatable bonds is 12. The normalized spacial score (nSPS) is 33.9. The van der Waals surface area contributed by atoms with Crippen molar-refractivity contribution in [2.75, 3.05) is 6.61 Å². The van der Waals surface area contributed by atoms with Crippen LogP contribution in [0.2, 0.25) is 0 Å². The van der Waals surface area contributed by atoms with Gasteiger partial charge in [0, 0.05) is 12.3 Å². The highest BCUT2D eigenvalue weighted by Crippen LogP contribution is 2.48. The molecule has 2 saturated heterocycles. The molecule has 208 valence electrons. The fraction of sp³-hybridized carbons (Fsp3) is 0.731. The molecule has 8 nitrogen and oxygen atoms in total. The lowest BCUT2D eigenvalue weighted by molar-refractivity contribution is -0.147. The van der Waals surface area contributed by atoms with Gasteiger partial charge in [-0.15, -0.1) is 0 Å². The Labute approximate surface area is 213 Å². The van der Waals surface area contributed by atoms with E-state index < -0.39 is 48.2 Å². The van der Waals surface area contributed by atoms with Crippen molar-refractivity contribution in [3.8, 4) is 5.75 Å². The van der Waals surface area contributed by atoms with E-state index in [4.69, 9.17) is 18.9 Å². The first-order valence-corrected chi connectivity index (χ1v) is 12.8. The molecule has 3 N–H and O–H groups in total. The van der Waals surface area contributed by atoms with E-state index in [1.165, 1.54) is 12.1 Å². The molecule has 2 heterocycles. The monoisotopic (exact) mass is 532 g/mol. The van der Waals surface area contributed by atoms with Gasteiger partial charge < -0.3 is 34.3 Å². The summed E-state index contributed by atoms with van der Waals surface area (Å²) in [6.45, 7) is 3.32. The molecule has 3 unspecified atom stereocenters. The first-order valence-electron chi connectivity index (χ1n) is 12.8. The van der Waals surface area contributed by atoms with E-state index in [1.54, 1.807) is 13.8 Å². The number of carbonyl (C=O) groups is 1. The minimum atomic E-state index is -4.50. The zero-order chi connectivity index (χ0) is 26.9. The van der Waals surface area contributed by atoms with Gasteiger partial charge >= 0.3 is 12.1 Å². The SMILES string of the molecule is CC(C)OC(=O)CCCC1OC1C[C@@H]1[C@@H]([C@H]2OC2[C@@H](O)COc2cccc(C(F)(F)F)c2)[C@H](O)C[C@@H]1O. The van der Waals surface area contributed by atoms with Crippen LogP contribution in [0.5, 0.6) is 5.75 Å². The van der Waals surface area contributed by atoms with Gasteiger partial charge in [0.25, 0.3) is 0 Å². The number of epoxide rings is 2. The summed E-state index contributed by atoms with van der Waals surface area (Å²) in [7, 11) is 0. The van der Waals surface area contributed by atoms with E-state index in [-0.39, 0.29) is 49.0 Å². The maximum Gasteiger partial charge on any atom is 0.416 e. The van der Waals surface area contributed by atoms with Gasteiger partial charge in [0.2, 0.25) is 0 Å². The lowest BCUT2D eigenvalue weighted by Gasteiger charge is -2.22. The number of alkyl halides is 3. The number of carbonyl (C=O) groups excluding carboxylic acids is 1. The van der Waals surface area contributed by atoms with Crippen LogP contribution in [0, 0.1) is 11.8 Å². The van der Waals surface area contributed by atoms with Crippen molar-refractivity contribution in [2.24, 2.45) is 11.8 Å². The van der Waals surface area contributed by atoms with Gasteiger partial charge in [-0.1, -0.05) is 6.07 Å². The smallest absolute Gasteiger partial charge is 0.416 e. The third-order valence-corrected chi connectivity index (χ3v) is 7.25. The number of aliphatic hydroxyl groups is 3. The highest BCUT2D eigenvalue weighted by Gasteiger charge is 2.59. The number of aliphatic hydroxyl groups excluding tert-OH is 3. The Morgan fingerprint density at radius 2 is 1.92 bits per heavy atom. The lowest BCUT2D eigenvalue weighted by atomic mass is 9.84. The molecule has 3 fully saturated rings. The third-order valence-electron chi connectivity index (χ3n) is 7.25. The van der Waals surface area contributed by atoms with Crippen LogP contribution in [-0.2, 0) is 25.2 Å². The number of ether oxygens (including phenoxy) is 4. The minimum absolute atomic E-state index is 0.0141. The summed E-state index contributed by atoms with van der Waals surface area (Å²) >= 11 is 0. The van der Waals surface area contributed by atoms with Crippen molar-refractivity contribution >= 4 is 5.97 Å². The molecule has 1 aromatic rings. The predicted molar refractivity (Wildman–Crippen MR) is 124 cm³/mol. The minimum Gasteiger partial charge on any atom is -0.491 e. The van der Waals surface area contributed by atoms with Crippen molar-refractivity contribution < 1.29 is 52.2 Å². The Hall–Kier alpha value is -1.92. The molecular formula is C26H35F3O8. The molecule has 37 heavy (non-hydrogen) atoms. The Bertz CT molecular complexity index is 925. The fourth-order valence-electron chi connectivity index (χ4n) is 5.37. The molecule has 4 rings (SSSR count). The first-order chi connectivity index (χ1) is 17.4. The van der Waals surface area contributed by atoms with E-state index in [0.29, 0.717) is 25.7 Å². The van der Waals surface area contributed by atoms with Crippen molar-refractivity contribution in [3.63, 3.8) is 0 Å². The fourth-order valence-corrected chi connectivity index (χ4v) is 5.37. The number of benzene rings is 1. The van der Waals surface area contributed by atoms with E-state index in [1.807, 2.05) is 0 Å². The molecule has 3 aliphatic rings. The molecule has 1 aliphatic carbocycles. The maximum absolute atomic E-state index is 12.9. The second kappa shape index (κ2) is 11.4. The summed E-state index contributed by atoms with van der Waals surface area (Å²) in [5.41, 5.74) is -0.845. The highest BCUT2D eigenvalue weighted by atomic mass is 19.4. The van der Waals surface area contributed by atoms with Crippen LogP contribution in [0.25, 0.3) is 0 Å². The molecule has 2 aliphatic heterocycles. The first kappa shape index (κ1) is 28.1. The zero-order valence-corrected chi connectivity index (χ0v) is 20.8. The predicted octanol–water partition coefficient (Wildman–Crippen LogP) is 2.85. The van der Waals surface area contributed by atoms with Crippen LogP contribution in [0.4, 0.5) is 13.2 Å². The van der Waals surface area contributed by atoms with E-state index in [0.717, 1.165) is 12.1 Å². The third kappa shape index (κ3) is 7.35. The molecular weight excluding hydrogens is 497 g/mol. The average molecular weight is 533 g/mol. The number of halogens is 3. The van der Waals surface area contributed by atoms with Gasteiger partial charge in [-0.05, 0) is 63.6 Å². The standard InChI is InChI=1S/C26H35F3O8/c1-13(2)35-22(33)8-4-7-20-21(36-20)10-16-17(30)11-18(31)23(16)25-24(37-25)19(32)12-34-15-6-3-5-14(9-15)26(27,28)29/h3,5-6,9,13,16-21,23-25,30-32H,4,7-8,10-12H2,1-2H3/t16-,17-,18+,19-,20?,21?,23+,24?,25+/m0/s1. The van der Waals surface area contributed by atoms with Crippen LogP contribution >= 0.6 is 0 Å². The average Bonchev–Trinajstić information content (AvgIpc) is 3.72. The number of hydrogen-bond acceptors (Lipinski definition) is 8. The van der Waals surface area contributed by atoms with Gasteiger partial charge in [-0.2, -0.15) is 13.2 Å². The van der Waals surface area contributed by atoms with Crippen LogP contribution in [-0.4, -0.2) is 76.7 Å². The van der Waals surface area contributed by atoms with Crippen molar-refractivity contribution in [1.82, 2.24) is 0 Å². The molecule has 0 radical (unpaired) electrons. The number of esters is 1. The van der Waals surface area contributed by atoms with Gasteiger partial charge in [0.15, 0.2) is 0 Å². The molecule has 0 aromatic heterocycles. The highest BCUT2D eigenvalue weighted by molar-refractivity contribution is 5.69. The largest absolute Gasteiger partial charge is 0.491 e. The van der Waals surface area contributed by atoms with Crippen LogP contribution in [0.1, 0.15) is 51.5 Å². The summed E-state index contributed by atoms with van der Waals surface area (Å²) in [6, 6.07) is 4.40. The summed E-state index contributed by atoms with van der Waals surface area (Å²) in [5, 5.41) is 31.6. The lowest BCUT2D eigenvalue weighted by Crippen LogP contribution is -2.33. The summed E-state index contributed by atoms with van der Waals surface area (Å²) in [4.78, 5) is 11.7. The maximum atomic E-state index is 12.9. The number of hydrogen-bond donors (Lipinski definition) is 3. The van der Waals surface area contributed by atoms with Crippen molar-refractivity contribution in [2.45, 2.75) is 101 Å². The van der Waals surface area contributed by atoms with Gasteiger partial charge in [-0.3, -0.25) is 4.79 Å². The van der Waals surface area contributed by atoms with Gasteiger partial charge in [0.05, 0.1) is 42.2 Å². The second-order valence-corrected chi connectivity index (χ2v) is 10.5. The van der Waals surface area contributed by atoms with E-state index >= 15 is 0 Å². The second-order valence-electron chi connectivity index (χ2n) is 10.5. The molecule has 0 amide bonds. The Kier molecular flexibility index (Phi) is 8.69. The van der Waals surface area contributed by atoms with Crippen LogP contribution in [0.15, 0.2) is 24.3 Å². The molecule has 11 heteroatoms. The zero-order valence-electron chi connectivity index (χ0n) is 20.8. The van der Waals surface area contributed by atoms with Gasteiger partial charge in [-0.25, -0.2) is 0 Å².